The quantitative estimate of drug-likeness (QED) is 0.419. The molecule has 0 saturated carbocycles. The van der Waals surface area contributed by atoms with E-state index in [1.807, 2.05) is 0 Å². The molecule has 2 aliphatic heterocycles. The average molecular weight is 167 g/mol. The van der Waals surface area contributed by atoms with Crippen LogP contribution in [-0.2, 0) is 19.4 Å². The first kappa shape index (κ1) is 7.05. The topological polar surface area (TPSA) is 64.6 Å². The van der Waals surface area contributed by atoms with Gasteiger partial charge < -0.3 is 4.89 Å². The van der Waals surface area contributed by atoms with Crippen molar-refractivity contribution in [3.05, 3.63) is 23.5 Å². The summed E-state index contributed by atoms with van der Waals surface area (Å²) in [4.78, 5) is 30.8. The summed E-state index contributed by atoms with van der Waals surface area (Å²) in [5.41, 5.74) is 0.220. The first-order valence-electron chi connectivity index (χ1n) is 3.34. The zero-order chi connectivity index (χ0) is 8.55. The van der Waals surface area contributed by atoms with Crippen LogP contribution in [0.1, 0.15) is 0 Å². The van der Waals surface area contributed by atoms with Crippen LogP contribution in [0, 0.1) is 0 Å². The summed E-state index contributed by atoms with van der Waals surface area (Å²) < 4.78 is 0. The Morgan fingerprint density at radius 2 is 2.25 bits per heavy atom. The van der Waals surface area contributed by atoms with Gasteiger partial charge in [0.15, 0.2) is 5.76 Å². The first-order chi connectivity index (χ1) is 5.77. The highest BCUT2D eigenvalue weighted by atomic mass is 17.2. The molecule has 2 amide bonds. The summed E-state index contributed by atoms with van der Waals surface area (Å²) >= 11 is 0. The third-order valence-electron chi connectivity index (χ3n) is 1.51. The van der Waals surface area contributed by atoms with Crippen molar-refractivity contribution in [1.82, 2.24) is 5.32 Å². The SMILES string of the molecule is O=C1C=C(C2=CCOO2)C(=O)N1. The van der Waals surface area contributed by atoms with Crippen molar-refractivity contribution in [3.63, 3.8) is 0 Å². The van der Waals surface area contributed by atoms with Gasteiger partial charge in [0, 0.05) is 6.08 Å². The van der Waals surface area contributed by atoms with Gasteiger partial charge in [0.2, 0.25) is 0 Å². The smallest absolute Gasteiger partial charge is 0.262 e. The highest BCUT2D eigenvalue weighted by molar-refractivity contribution is 6.18. The Morgan fingerprint density at radius 1 is 1.42 bits per heavy atom. The third kappa shape index (κ3) is 0.998. The minimum Gasteiger partial charge on any atom is -0.337 e. The third-order valence-corrected chi connectivity index (χ3v) is 1.51. The predicted molar refractivity (Wildman–Crippen MR) is 36.4 cm³/mol. The number of carbonyl (C=O) groups is 2. The molecule has 5 nitrogen and oxygen atoms in total. The summed E-state index contributed by atoms with van der Waals surface area (Å²) in [6.07, 6.45) is 2.77. The number of amides is 2. The lowest BCUT2D eigenvalue weighted by Gasteiger charge is -1.97. The maximum atomic E-state index is 11.0. The molecular formula is C7H5NO4. The molecule has 62 valence electrons. The Kier molecular flexibility index (Phi) is 1.44. The van der Waals surface area contributed by atoms with Crippen LogP contribution in [0.25, 0.3) is 0 Å². The Morgan fingerprint density at radius 3 is 2.75 bits per heavy atom. The highest BCUT2D eigenvalue weighted by Gasteiger charge is 2.27. The minimum absolute atomic E-state index is 0.220. The highest BCUT2D eigenvalue weighted by Crippen LogP contribution is 2.19. The van der Waals surface area contributed by atoms with E-state index in [0.717, 1.165) is 0 Å². The molecule has 0 aromatic rings. The standard InChI is InChI=1S/C7H5NO4/c9-6-3-4(7(10)8-6)5-1-2-11-12-5/h1,3H,2H2,(H,8,9,10). The minimum atomic E-state index is -0.447. The normalized spacial score (nSPS) is 21.7. The molecule has 5 heteroatoms. The van der Waals surface area contributed by atoms with E-state index < -0.39 is 11.8 Å². The van der Waals surface area contributed by atoms with Crippen molar-refractivity contribution in [1.29, 1.82) is 0 Å². The van der Waals surface area contributed by atoms with Crippen molar-refractivity contribution in [3.8, 4) is 0 Å². The summed E-state index contributed by atoms with van der Waals surface area (Å²) in [6, 6.07) is 0. The van der Waals surface area contributed by atoms with Crippen LogP contribution in [0.4, 0.5) is 0 Å². The molecule has 0 spiro atoms. The van der Waals surface area contributed by atoms with Gasteiger partial charge in [0.25, 0.3) is 11.8 Å². The summed E-state index contributed by atoms with van der Waals surface area (Å²) in [5, 5.41) is 2.10. The second-order valence-electron chi connectivity index (χ2n) is 2.31. The van der Waals surface area contributed by atoms with Crippen molar-refractivity contribution in [2.24, 2.45) is 0 Å². The zero-order valence-electron chi connectivity index (χ0n) is 5.99. The van der Waals surface area contributed by atoms with E-state index >= 15 is 0 Å². The Bertz CT molecular complexity index is 315. The molecule has 0 atom stereocenters. The second kappa shape index (κ2) is 2.46. The fraction of sp³-hybridized carbons (Fsp3) is 0.143. The van der Waals surface area contributed by atoms with Crippen molar-refractivity contribution >= 4 is 11.8 Å². The van der Waals surface area contributed by atoms with E-state index in [0.29, 0.717) is 12.4 Å². The number of hydrogen-bond donors (Lipinski definition) is 1. The molecular weight excluding hydrogens is 162 g/mol. The van der Waals surface area contributed by atoms with E-state index in [9.17, 15) is 9.59 Å². The van der Waals surface area contributed by atoms with E-state index in [4.69, 9.17) is 0 Å². The maximum absolute atomic E-state index is 11.0. The molecule has 2 rings (SSSR count). The van der Waals surface area contributed by atoms with Gasteiger partial charge in [-0.25, -0.2) is 0 Å². The second-order valence-corrected chi connectivity index (χ2v) is 2.31. The van der Waals surface area contributed by atoms with Crippen LogP contribution >= 0.6 is 0 Å². The number of nitrogens with one attached hydrogen (secondary N) is 1. The largest absolute Gasteiger partial charge is 0.337 e. The van der Waals surface area contributed by atoms with E-state index in [2.05, 4.69) is 15.1 Å². The Hall–Kier alpha value is -1.62. The molecule has 0 aliphatic carbocycles. The van der Waals surface area contributed by atoms with Gasteiger partial charge in [0.05, 0.1) is 5.57 Å². The number of carbonyl (C=O) groups excluding carboxylic acids is 2. The van der Waals surface area contributed by atoms with Gasteiger partial charge in [-0.1, -0.05) is 0 Å². The molecule has 2 heterocycles. The summed E-state index contributed by atoms with van der Waals surface area (Å²) in [6.45, 7) is 0.300. The molecule has 1 N–H and O–H groups in total. The van der Waals surface area contributed by atoms with Gasteiger partial charge in [-0.3, -0.25) is 14.9 Å². The molecule has 0 unspecified atom stereocenters. The fourth-order valence-corrected chi connectivity index (χ4v) is 0.991. The van der Waals surface area contributed by atoms with Crippen molar-refractivity contribution in [2.75, 3.05) is 6.61 Å². The lowest BCUT2D eigenvalue weighted by atomic mass is 10.2. The van der Waals surface area contributed by atoms with E-state index in [1.165, 1.54) is 6.08 Å². The van der Waals surface area contributed by atoms with Crippen LogP contribution in [-0.4, -0.2) is 18.4 Å². The zero-order valence-corrected chi connectivity index (χ0v) is 5.99. The van der Waals surface area contributed by atoms with Gasteiger partial charge in [0.1, 0.15) is 6.61 Å². The molecule has 0 aromatic carbocycles. The molecule has 12 heavy (non-hydrogen) atoms. The van der Waals surface area contributed by atoms with Crippen LogP contribution in [0.5, 0.6) is 0 Å². The predicted octanol–water partition coefficient (Wildman–Crippen LogP) is -0.585. The van der Waals surface area contributed by atoms with Gasteiger partial charge >= 0.3 is 0 Å². The summed E-state index contributed by atoms with van der Waals surface area (Å²) in [5.74, 6) is -0.568. The molecule has 2 aliphatic rings. The van der Waals surface area contributed by atoms with Crippen LogP contribution in [0.3, 0.4) is 0 Å². The van der Waals surface area contributed by atoms with E-state index in [1.54, 1.807) is 6.08 Å². The van der Waals surface area contributed by atoms with Crippen LogP contribution in [0.2, 0.25) is 0 Å². The van der Waals surface area contributed by atoms with E-state index in [-0.39, 0.29) is 5.57 Å². The molecule has 0 aromatic heterocycles. The molecule has 0 bridgehead atoms. The van der Waals surface area contributed by atoms with Gasteiger partial charge in [-0.15, -0.1) is 0 Å². The number of imide groups is 1. The Labute approximate surface area is 67.6 Å². The molecule has 0 radical (unpaired) electrons. The maximum Gasteiger partial charge on any atom is 0.262 e. The summed E-state index contributed by atoms with van der Waals surface area (Å²) in [7, 11) is 0. The Balaban J connectivity index is 2.28. The first-order valence-corrected chi connectivity index (χ1v) is 3.34. The van der Waals surface area contributed by atoms with Gasteiger partial charge in [-0.2, -0.15) is 4.89 Å². The lowest BCUT2D eigenvalue weighted by Crippen LogP contribution is -2.22. The van der Waals surface area contributed by atoms with Gasteiger partial charge in [-0.05, 0) is 6.08 Å². The molecule has 0 fully saturated rings. The monoisotopic (exact) mass is 167 g/mol. The number of hydrogen-bond acceptors (Lipinski definition) is 4. The van der Waals surface area contributed by atoms with Crippen molar-refractivity contribution in [2.45, 2.75) is 0 Å². The van der Waals surface area contributed by atoms with Crippen LogP contribution in [0.15, 0.2) is 23.5 Å². The number of rotatable bonds is 1. The molecule has 0 saturated heterocycles. The van der Waals surface area contributed by atoms with Crippen molar-refractivity contribution < 1.29 is 19.4 Å². The van der Waals surface area contributed by atoms with Crippen LogP contribution < -0.4 is 5.32 Å². The average Bonchev–Trinajstić information content (AvgIpc) is 2.58. The lowest BCUT2D eigenvalue weighted by molar-refractivity contribution is -0.231. The fourth-order valence-electron chi connectivity index (χ4n) is 0.991.